The van der Waals surface area contributed by atoms with Crippen LogP contribution in [0, 0.1) is 11.8 Å². The van der Waals surface area contributed by atoms with Gasteiger partial charge in [-0.25, -0.2) is 0 Å². The maximum Gasteiger partial charge on any atom is 0.253 e. The smallest absolute Gasteiger partial charge is 0.253 e. The first-order chi connectivity index (χ1) is 9.47. The lowest BCUT2D eigenvalue weighted by atomic mass is 10.0. The Morgan fingerprint density at radius 1 is 1.10 bits per heavy atom. The van der Waals surface area contributed by atoms with E-state index in [1.54, 1.807) is 0 Å². The van der Waals surface area contributed by atoms with Crippen molar-refractivity contribution in [3.8, 4) is 0 Å². The molecule has 20 heavy (non-hydrogen) atoms. The summed E-state index contributed by atoms with van der Waals surface area (Å²) in [5.41, 5.74) is 3.42. The number of amides is 1. The highest BCUT2D eigenvalue weighted by molar-refractivity contribution is 5.94. The topological polar surface area (TPSA) is 32.3 Å². The van der Waals surface area contributed by atoms with Crippen molar-refractivity contribution in [2.75, 3.05) is 13.1 Å². The summed E-state index contributed by atoms with van der Waals surface area (Å²) in [4.78, 5) is 14.7. The van der Waals surface area contributed by atoms with Crippen molar-refractivity contribution in [1.29, 1.82) is 0 Å². The number of benzene rings is 1. The number of carbonyl (C=O) groups is 1. The van der Waals surface area contributed by atoms with Gasteiger partial charge in [0.2, 0.25) is 0 Å². The zero-order valence-corrected chi connectivity index (χ0v) is 13.1. The Hall–Kier alpha value is -1.35. The van der Waals surface area contributed by atoms with E-state index in [0.29, 0.717) is 11.8 Å². The van der Waals surface area contributed by atoms with Gasteiger partial charge in [0, 0.05) is 31.7 Å². The van der Waals surface area contributed by atoms with E-state index in [-0.39, 0.29) is 5.91 Å². The number of hydrogen-bond acceptors (Lipinski definition) is 2. The maximum absolute atomic E-state index is 12.7. The van der Waals surface area contributed by atoms with Crippen molar-refractivity contribution >= 4 is 5.91 Å². The lowest BCUT2D eigenvalue weighted by molar-refractivity contribution is 0.0715. The molecule has 1 aromatic carbocycles. The second kappa shape index (κ2) is 6.40. The van der Waals surface area contributed by atoms with E-state index >= 15 is 0 Å². The Labute approximate surface area is 122 Å². The van der Waals surface area contributed by atoms with E-state index in [9.17, 15) is 4.79 Å². The molecule has 0 radical (unpaired) electrons. The normalized spacial score (nSPS) is 13.9. The monoisotopic (exact) mass is 274 g/mol. The standard InChI is InChI=1S/C17H26N2O/c1-12(2)10-19(11-13(3)4)17(20)14-5-6-15-8-18-9-16(15)7-14/h5-7,12-13,18H,8-11H2,1-4H3. The van der Waals surface area contributed by atoms with Gasteiger partial charge in [0.25, 0.3) is 5.91 Å². The van der Waals surface area contributed by atoms with Crippen LogP contribution in [0.2, 0.25) is 0 Å². The summed E-state index contributed by atoms with van der Waals surface area (Å²) in [6.45, 7) is 12.1. The summed E-state index contributed by atoms with van der Waals surface area (Å²) in [6, 6.07) is 6.12. The molecule has 1 N–H and O–H groups in total. The zero-order chi connectivity index (χ0) is 14.7. The van der Waals surface area contributed by atoms with Crippen LogP contribution in [0.3, 0.4) is 0 Å². The molecule has 0 bridgehead atoms. The fourth-order valence-electron chi connectivity index (χ4n) is 2.73. The van der Waals surface area contributed by atoms with Gasteiger partial charge < -0.3 is 10.2 Å². The van der Waals surface area contributed by atoms with E-state index in [4.69, 9.17) is 0 Å². The van der Waals surface area contributed by atoms with Crippen molar-refractivity contribution < 1.29 is 4.79 Å². The van der Waals surface area contributed by atoms with Crippen LogP contribution in [0.5, 0.6) is 0 Å². The zero-order valence-electron chi connectivity index (χ0n) is 13.1. The minimum atomic E-state index is 0.169. The average molecular weight is 274 g/mol. The van der Waals surface area contributed by atoms with Crippen LogP contribution in [0.15, 0.2) is 18.2 Å². The summed E-state index contributed by atoms with van der Waals surface area (Å²) < 4.78 is 0. The third-order valence-corrected chi connectivity index (χ3v) is 3.54. The van der Waals surface area contributed by atoms with Gasteiger partial charge in [-0.15, -0.1) is 0 Å². The van der Waals surface area contributed by atoms with Gasteiger partial charge in [0.1, 0.15) is 0 Å². The number of carbonyl (C=O) groups excluding carboxylic acids is 1. The predicted molar refractivity (Wildman–Crippen MR) is 82.6 cm³/mol. The number of fused-ring (bicyclic) bond motifs is 1. The fourth-order valence-corrected chi connectivity index (χ4v) is 2.73. The molecule has 1 amide bonds. The van der Waals surface area contributed by atoms with Crippen molar-refractivity contribution in [3.63, 3.8) is 0 Å². The highest BCUT2D eigenvalue weighted by atomic mass is 16.2. The van der Waals surface area contributed by atoms with Gasteiger partial charge >= 0.3 is 0 Å². The van der Waals surface area contributed by atoms with Crippen LogP contribution in [-0.4, -0.2) is 23.9 Å². The van der Waals surface area contributed by atoms with Crippen LogP contribution in [0.25, 0.3) is 0 Å². The highest BCUT2D eigenvalue weighted by Gasteiger charge is 2.20. The summed E-state index contributed by atoms with van der Waals surface area (Å²) in [6.07, 6.45) is 0. The van der Waals surface area contributed by atoms with E-state index in [2.05, 4.69) is 45.1 Å². The molecule has 1 aliphatic heterocycles. The SMILES string of the molecule is CC(C)CN(CC(C)C)C(=O)c1ccc2c(c1)CNC2. The predicted octanol–water partition coefficient (Wildman–Crippen LogP) is 3.04. The van der Waals surface area contributed by atoms with Crippen LogP contribution < -0.4 is 5.32 Å². The van der Waals surface area contributed by atoms with Crippen LogP contribution >= 0.6 is 0 Å². The average Bonchev–Trinajstić information content (AvgIpc) is 2.83. The van der Waals surface area contributed by atoms with Crippen molar-refractivity contribution in [2.45, 2.75) is 40.8 Å². The van der Waals surface area contributed by atoms with Crippen molar-refractivity contribution in [2.24, 2.45) is 11.8 Å². The van der Waals surface area contributed by atoms with Gasteiger partial charge in [0.05, 0.1) is 0 Å². The lowest BCUT2D eigenvalue weighted by Crippen LogP contribution is -2.37. The number of hydrogen-bond donors (Lipinski definition) is 1. The molecule has 0 atom stereocenters. The number of nitrogens with zero attached hydrogens (tertiary/aromatic N) is 1. The molecule has 1 aliphatic rings. The molecule has 0 unspecified atom stereocenters. The molecule has 0 aromatic heterocycles. The number of nitrogens with one attached hydrogen (secondary N) is 1. The second-order valence-corrected chi connectivity index (χ2v) is 6.58. The van der Waals surface area contributed by atoms with Crippen LogP contribution in [0.4, 0.5) is 0 Å². The van der Waals surface area contributed by atoms with Gasteiger partial charge in [-0.2, -0.15) is 0 Å². The van der Waals surface area contributed by atoms with Crippen LogP contribution in [-0.2, 0) is 13.1 Å². The van der Waals surface area contributed by atoms with E-state index in [1.165, 1.54) is 11.1 Å². The molecule has 1 heterocycles. The quantitative estimate of drug-likeness (QED) is 0.895. The van der Waals surface area contributed by atoms with Gasteiger partial charge in [-0.05, 0) is 35.1 Å². The Kier molecular flexibility index (Phi) is 4.81. The first-order valence-corrected chi connectivity index (χ1v) is 7.59. The molecular weight excluding hydrogens is 248 g/mol. The minimum Gasteiger partial charge on any atom is -0.338 e. The van der Waals surface area contributed by atoms with E-state index in [0.717, 1.165) is 31.7 Å². The molecule has 2 rings (SSSR count). The molecule has 110 valence electrons. The highest BCUT2D eigenvalue weighted by Crippen LogP contribution is 2.19. The summed E-state index contributed by atoms with van der Waals surface area (Å²) in [7, 11) is 0. The summed E-state index contributed by atoms with van der Waals surface area (Å²) >= 11 is 0. The van der Waals surface area contributed by atoms with E-state index < -0.39 is 0 Å². The van der Waals surface area contributed by atoms with Crippen molar-refractivity contribution in [1.82, 2.24) is 10.2 Å². The Balaban J connectivity index is 2.17. The first-order valence-electron chi connectivity index (χ1n) is 7.59. The molecule has 0 fully saturated rings. The van der Waals surface area contributed by atoms with E-state index in [1.807, 2.05) is 11.0 Å². The molecule has 3 nitrogen and oxygen atoms in total. The molecule has 3 heteroatoms. The molecule has 0 aliphatic carbocycles. The Morgan fingerprint density at radius 3 is 2.30 bits per heavy atom. The second-order valence-electron chi connectivity index (χ2n) is 6.58. The first kappa shape index (κ1) is 15.0. The molecule has 0 saturated heterocycles. The van der Waals surface area contributed by atoms with Crippen molar-refractivity contribution in [3.05, 3.63) is 34.9 Å². The third-order valence-electron chi connectivity index (χ3n) is 3.54. The van der Waals surface area contributed by atoms with Crippen LogP contribution in [0.1, 0.15) is 49.2 Å². The molecule has 0 spiro atoms. The lowest BCUT2D eigenvalue weighted by Gasteiger charge is -2.26. The minimum absolute atomic E-state index is 0.169. The Morgan fingerprint density at radius 2 is 1.70 bits per heavy atom. The van der Waals surface area contributed by atoms with Gasteiger partial charge in [0.15, 0.2) is 0 Å². The Bertz CT molecular complexity index is 470. The summed E-state index contributed by atoms with van der Waals surface area (Å²) in [5, 5.41) is 3.32. The van der Waals surface area contributed by atoms with Gasteiger partial charge in [-0.1, -0.05) is 33.8 Å². The molecular formula is C17H26N2O. The van der Waals surface area contributed by atoms with Gasteiger partial charge in [-0.3, -0.25) is 4.79 Å². The summed E-state index contributed by atoms with van der Waals surface area (Å²) in [5.74, 6) is 1.16. The largest absolute Gasteiger partial charge is 0.338 e. The molecule has 1 aromatic rings. The molecule has 0 saturated carbocycles. The fraction of sp³-hybridized carbons (Fsp3) is 0.588. The maximum atomic E-state index is 12.7. The number of rotatable bonds is 5. The third kappa shape index (κ3) is 3.60.